The molecule has 4 rings (SSSR count). The third kappa shape index (κ3) is 3.42. The maximum absolute atomic E-state index is 13.1. The van der Waals surface area contributed by atoms with Crippen molar-refractivity contribution < 1.29 is 23.8 Å². The summed E-state index contributed by atoms with van der Waals surface area (Å²) in [5.41, 5.74) is 2.82. The molecule has 2 aromatic carbocycles. The quantitative estimate of drug-likeness (QED) is 0.723. The van der Waals surface area contributed by atoms with E-state index in [2.05, 4.69) is 4.90 Å². The second-order valence-corrected chi connectivity index (χ2v) is 7.19. The molecule has 0 spiro atoms. The number of carbonyl (C=O) groups is 2. The molecule has 2 heterocycles. The van der Waals surface area contributed by atoms with Gasteiger partial charge in [0.25, 0.3) is 5.91 Å². The number of rotatable bonds is 5. The van der Waals surface area contributed by atoms with E-state index in [4.69, 9.17) is 14.2 Å². The second kappa shape index (κ2) is 7.75. The molecule has 2 amide bonds. The molecule has 0 aromatic heterocycles. The van der Waals surface area contributed by atoms with Crippen LogP contribution in [0.1, 0.15) is 17.5 Å². The van der Waals surface area contributed by atoms with Crippen molar-refractivity contribution >= 4 is 17.5 Å². The summed E-state index contributed by atoms with van der Waals surface area (Å²) >= 11 is 0. The minimum atomic E-state index is -0.463. The number of amides is 2. The van der Waals surface area contributed by atoms with Gasteiger partial charge in [0, 0.05) is 19.2 Å². The average Bonchev–Trinajstić information content (AvgIpc) is 3.06. The van der Waals surface area contributed by atoms with Crippen LogP contribution in [0.2, 0.25) is 0 Å². The van der Waals surface area contributed by atoms with Gasteiger partial charge in [-0.15, -0.1) is 0 Å². The summed E-state index contributed by atoms with van der Waals surface area (Å²) in [5.74, 6) is 1.61. The lowest BCUT2D eigenvalue weighted by molar-refractivity contribution is -0.123. The van der Waals surface area contributed by atoms with Crippen molar-refractivity contribution in [1.82, 2.24) is 4.90 Å². The molecule has 2 aromatic rings. The van der Waals surface area contributed by atoms with Crippen LogP contribution in [0.5, 0.6) is 17.2 Å². The molecule has 7 heteroatoms. The van der Waals surface area contributed by atoms with Crippen molar-refractivity contribution in [2.75, 3.05) is 32.8 Å². The zero-order valence-corrected chi connectivity index (χ0v) is 16.8. The standard InChI is InChI=1S/C22H24N2O5/c1-27-17-6-4-5-16(11-17)24-21(25)12-18(22(24)26)23-8-7-14-9-19(28-2)20(29-3)10-15(14)13-23/h4-6,9-11,18H,7-8,12-13H2,1-3H3. The van der Waals surface area contributed by atoms with Gasteiger partial charge < -0.3 is 14.2 Å². The van der Waals surface area contributed by atoms with E-state index in [-0.39, 0.29) is 18.2 Å². The first kappa shape index (κ1) is 19.3. The van der Waals surface area contributed by atoms with E-state index in [1.807, 2.05) is 12.1 Å². The van der Waals surface area contributed by atoms with E-state index in [0.717, 1.165) is 12.0 Å². The summed E-state index contributed by atoms with van der Waals surface area (Å²) in [5, 5.41) is 0. The Hall–Kier alpha value is -3.06. The van der Waals surface area contributed by atoms with Crippen LogP contribution >= 0.6 is 0 Å². The van der Waals surface area contributed by atoms with Crippen LogP contribution in [0, 0.1) is 0 Å². The van der Waals surface area contributed by atoms with Gasteiger partial charge in [-0.05, 0) is 41.8 Å². The van der Waals surface area contributed by atoms with Crippen LogP contribution in [0.3, 0.4) is 0 Å². The summed E-state index contributed by atoms with van der Waals surface area (Å²) in [6.07, 6.45) is 0.964. The SMILES string of the molecule is COc1cccc(N2C(=O)CC(N3CCc4cc(OC)c(OC)cc4C3)C2=O)c1. The molecule has 1 unspecified atom stereocenters. The molecule has 1 fully saturated rings. The Morgan fingerprint density at radius 3 is 2.34 bits per heavy atom. The Bertz CT molecular complexity index is 958. The van der Waals surface area contributed by atoms with Gasteiger partial charge in [0.2, 0.25) is 5.91 Å². The average molecular weight is 396 g/mol. The normalized spacial score (nSPS) is 19.3. The molecule has 7 nitrogen and oxygen atoms in total. The van der Waals surface area contributed by atoms with Gasteiger partial charge in [-0.3, -0.25) is 14.5 Å². The number of hydrogen-bond acceptors (Lipinski definition) is 6. The molecule has 0 bridgehead atoms. The van der Waals surface area contributed by atoms with Gasteiger partial charge in [0.1, 0.15) is 5.75 Å². The van der Waals surface area contributed by atoms with Crippen LogP contribution in [0.4, 0.5) is 5.69 Å². The van der Waals surface area contributed by atoms with E-state index >= 15 is 0 Å². The van der Waals surface area contributed by atoms with Gasteiger partial charge in [-0.25, -0.2) is 4.90 Å². The zero-order chi connectivity index (χ0) is 20.5. The number of benzene rings is 2. The Labute approximate surface area is 169 Å². The molecule has 2 aliphatic rings. The van der Waals surface area contributed by atoms with Crippen molar-refractivity contribution in [2.45, 2.75) is 25.4 Å². The third-order valence-electron chi connectivity index (χ3n) is 5.62. The van der Waals surface area contributed by atoms with Crippen molar-refractivity contribution in [1.29, 1.82) is 0 Å². The monoisotopic (exact) mass is 396 g/mol. The lowest BCUT2D eigenvalue weighted by Crippen LogP contribution is -2.44. The smallest absolute Gasteiger partial charge is 0.251 e. The second-order valence-electron chi connectivity index (χ2n) is 7.19. The Morgan fingerprint density at radius 2 is 1.66 bits per heavy atom. The summed E-state index contributed by atoms with van der Waals surface area (Å²) < 4.78 is 16.0. The van der Waals surface area contributed by atoms with E-state index in [1.165, 1.54) is 10.5 Å². The fraction of sp³-hybridized carbons (Fsp3) is 0.364. The van der Waals surface area contributed by atoms with Crippen LogP contribution in [0.25, 0.3) is 0 Å². The number of imide groups is 1. The van der Waals surface area contributed by atoms with E-state index in [0.29, 0.717) is 36.0 Å². The zero-order valence-electron chi connectivity index (χ0n) is 16.8. The third-order valence-corrected chi connectivity index (χ3v) is 5.62. The Morgan fingerprint density at radius 1 is 0.931 bits per heavy atom. The van der Waals surface area contributed by atoms with Crippen LogP contribution in [0.15, 0.2) is 36.4 Å². The first-order valence-corrected chi connectivity index (χ1v) is 9.54. The minimum Gasteiger partial charge on any atom is -0.497 e. The van der Waals surface area contributed by atoms with Crippen molar-refractivity contribution in [2.24, 2.45) is 0 Å². The number of hydrogen-bond donors (Lipinski definition) is 0. The number of nitrogens with zero attached hydrogens (tertiary/aromatic N) is 2. The van der Waals surface area contributed by atoms with Crippen LogP contribution in [-0.2, 0) is 22.6 Å². The predicted octanol–water partition coefficient (Wildman–Crippen LogP) is 2.40. The van der Waals surface area contributed by atoms with Crippen LogP contribution < -0.4 is 19.1 Å². The highest BCUT2D eigenvalue weighted by atomic mass is 16.5. The van der Waals surface area contributed by atoms with Gasteiger partial charge in [0.05, 0.1) is 39.5 Å². The fourth-order valence-corrected chi connectivity index (χ4v) is 4.09. The predicted molar refractivity (Wildman–Crippen MR) is 108 cm³/mol. The molecular formula is C22H24N2O5. The van der Waals surface area contributed by atoms with E-state index < -0.39 is 6.04 Å². The molecule has 0 N–H and O–H groups in total. The molecule has 2 aliphatic heterocycles. The Kier molecular flexibility index (Phi) is 5.15. The minimum absolute atomic E-state index is 0.179. The van der Waals surface area contributed by atoms with E-state index in [1.54, 1.807) is 45.6 Å². The lowest BCUT2D eigenvalue weighted by Gasteiger charge is -2.32. The fourth-order valence-electron chi connectivity index (χ4n) is 4.09. The molecule has 152 valence electrons. The lowest BCUT2D eigenvalue weighted by atomic mass is 9.97. The summed E-state index contributed by atoms with van der Waals surface area (Å²) in [4.78, 5) is 29.2. The molecular weight excluding hydrogens is 372 g/mol. The van der Waals surface area contributed by atoms with Crippen molar-refractivity contribution in [3.05, 3.63) is 47.5 Å². The van der Waals surface area contributed by atoms with Crippen molar-refractivity contribution in [3.63, 3.8) is 0 Å². The van der Waals surface area contributed by atoms with E-state index in [9.17, 15) is 9.59 Å². The highest BCUT2D eigenvalue weighted by Crippen LogP contribution is 2.35. The van der Waals surface area contributed by atoms with Gasteiger partial charge in [-0.1, -0.05) is 6.07 Å². The number of fused-ring (bicyclic) bond motifs is 1. The molecule has 0 aliphatic carbocycles. The number of ether oxygens (including phenoxy) is 3. The number of anilines is 1. The first-order valence-electron chi connectivity index (χ1n) is 9.54. The molecule has 1 atom stereocenters. The summed E-state index contributed by atoms with van der Waals surface area (Å²) in [7, 11) is 4.79. The highest BCUT2D eigenvalue weighted by molar-refractivity contribution is 6.22. The summed E-state index contributed by atoms with van der Waals surface area (Å²) in [6, 6.07) is 10.5. The van der Waals surface area contributed by atoms with Crippen molar-refractivity contribution in [3.8, 4) is 17.2 Å². The molecule has 0 radical (unpaired) electrons. The maximum atomic E-state index is 13.1. The topological polar surface area (TPSA) is 68.3 Å². The van der Waals surface area contributed by atoms with Crippen LogP contribution in [-0.4, -0.2) is 50.6 Å². The first-order chi connectivity index (χ1) is 14.0. The molecule has 29 heavy (non-hydrogen) atoms. The highest BCUT2D eigenvalue weighted by Gasteiger charge is 2.43. The van der Waals surface area contributed by atoms with Gasteiger partial charge in [0.15, 0.2) is 11.5 Å². The number of carbonyl (C=O) groups excluding carboxylic acids is 2. The largest absolute Gasteiger partial charge is 0.497 e. The molecule has 1 saturated heterocycles. The Balaban J connectivity index is 1.57. The van der Waals surface area contributed by atoms with Gasteiger partial charge >= 0.3 is 0 Å². The maximum Gasteiger partial charge on any atom is 0.251 e. The van der Waals surface area contributed by atoms with Gasteiger partial charge in [-0.2, -0.15) is 0 Å². The molecule has 0 saturated carbocycles. The summed E-state index contributed by atoms with van der Waals surface area (Å²) in [6.45, 7) is 1.30. The number of methoxy groups -OCH3 is 3.